The molecular formula is C11H7F4N. The summed E-state index contributed by atoms with van der Waals surface area (Å²) in [5.74, 6) is -1.31. The monoisotopic (exact) mass is 229 g/mol. The number of hydrogen-bond donors (Lipinski definition) is 0. The third kappa shape index (κ3) is 3.09. The van der Waals surface area contributed by atoms with Gasteiger partial charge in [0.15, 0.2) is 0 Å². The van der Waals surface area contributed by atoms with Crippen molar-refractivity contribution in [3.05, 3.63) is 41.2 Å². The summed E-state index contributed by atoms with van der Waals surface area (Å²) in [5.41, 5.74) is -0.995. The van der Waals surface area contributed by atoms with Crippen molar-refractivity contribution < 1.29 is 17.6 Å². The molecule has 1 aromatic carbocycles. The Kier molecular flexibility index (Phi) is 3.67. The van der Waals surface area contributed by atoms with Crippen LogP contribution in [0.1, 0.15) is 17.5 Å². The standard InChI is InChI=1S/C11H7F4N/c12-10-7-8(3-1-2-6-16)4-5-9(10)11(13,14)15/h1,3-5,7H,2H2. The summed E-state index contributed by atoms with van der Waals surface area (Å²) in [6.07, 6.45) is -1.71. The van der Waals surface area contributed by atoms with E-state index in [1.165, 1.54) is 12.2 Å². The summed E-state index contributed by atoms with van der Waals surface area (Å²) >= 11 is 0. The summed E-state index contributed by atoms with van der Waals surface area (Å²) in [6, 6.07) is 4.45. The lowest BCUT2D eigenvalue weighted by Crippen LogP contribution is -2.07. The van der Waals surface area contributed by atoms with Gasteiger partial charge in [-0.2, -0.15) is 18.4 Å². The van der Waals surface area contributed by atoms with E-state index in [2.05, 4.69) is 0 Å². The van der Waals surface area contributed by atoms with Crippen molar-refractivity contribution in [2.45, 2.75) is 12.6 Å². The summed E-state index contributed by atoms with van der Waals surface area (Å²) < 4.78 is 49.6. The van der Waals surface area contributed by atoms with Crippen LogP contribution >= 0.6 is 0 Å². The molecule has 0 heterocycles. The minimum Gasteiger partial charge on any atom is -0.206 e. The second kappa shape index (κ2) is 4.79. The number of alkyl halides is 3. The number of rotatable bonds is 2. The Morgan fingerprint density at radius 3 is 2.50 bits per heavy atom. The van der Waals surface area contributed by atoms with Gasteiger partial charge < -0.3 is 0 Å². The second-order valence-corrected chi connectivity index (χ2v) is 3.00. The number of benzene rings is 1. The lowest BCUT2D eigenvalue weighted by molar-refractivity contribution is -0.140. The molecule has 16 heavy (non-hydrogen) atoms. The van der Waals surface area contributed by atoms with Crippen molar-refractivity contribution in [2.24, 2.45) is 0 Å². The van der Waals surface area contributed by atoms with Gasteiger partial charge in [0.05, 0.1) is 18.1 Å². The van der Waals surface area contributed by atoms with Crippen LogP contribution in [0.2, 0.25) is 0 Å². The molecule has 1 rings (SSSR count). The highest BCUT2D eigenvalue weighted by Crippen LogP contribution is 2.31. The molecule has 1 nitrogen and oxygen atoms in total. The van der Waals surface area contributed by atoms with Crippen molar-refractivity contribution in [1.82, 2.24) is 0 Å². The Morgan fingerprint density at radius 2 is 2.00 bits per heavy atom. The Bertz CT molecular complexity index is 440. The van der Waals surface area contributed by atoms with Crippen LogP contribution < -0.4 is 0 Å². The van der Waals surface area contributed by atoms with E-state index in [1.807, 2.05) is 6.07 Å². The van der Waals surface area contributed by atoms with Crippen molar-refractivity contribution >= 4 is 6.08 Å². The zero-order chi connectivity index (χ0) is 12.2. The topological polar surface area (TPSA) is 23.8 Å². The lowest BCUT2D eigenvalue weighted by atomic mass is 10.1. The van der Waals surface area contributed by atoms with Crippen molar-refractivity contribution in [1.29, 1.82) is 5.26 Å². The average Bonchev–Trinajstić information content (AvgIpc) is 2.16. The van der Waals surface area contributed by atoms with Crippen LogP contribution in [0, 0.1) is 17.1 Å². The predicted molar refractivity (Wildman–Crippen MR) is 50.7 cm³/mol. The SMILES string of the molecule is N#CCC=Cc1ccc(C(F)(F)F)c(F)c1. The van der Waals surface area contributed by atoms with E-state index >= 15 is 0 Å². The fraction of sp³-hybridized carbons (Fsp3) is 0.182. The lowest BCUT2D eigenvalue weighted by Gasteiger charge is -2.07. The highest BCUT2D eigenvalue weighted by Gasteiger charge is 2.33. The molecule has 0 aromatic heterocycles. The van der Waals surface area contributed by atoms with Crippen LogP contribution in [0.15, 0.2) is 24.3 Å². The average molecular weight is 229 g/mol. The van der Waals surface area contributed by atoms with E-state index in [0.29, 0.717) is 11.6 Å². The molecule has 5 heteroatoms. The highest BCUT2D eigenvalue weighted by molar-refractivity contribution is 5.50. The molecule has 0 N–H and O–H groups in total. The quantitative estimate of drug-likeness (QED) is 0.708. The maximum Gasteiger partial charge on any atom is 0.419 e. The Labute approximate surface area is 89.6 Å². The molecule has 0 saturated heterocycles. The van der Waals surface area contributed by atoms with E-state index in [0.717, 1.165) is 12.1 Å². The van der Waals surface area contributed by atoms with Gasteiger partial charge in [-0.05, 0) is 17.7 Å². The van der Waals surface area contributed by atoms with E-state index in [9.17, 15) is 17.6 Å². The van der Waals surface area contributed by atoms with Crippen molar-refractivity contribution in [3.63, 3.8) is 0 Å². The van der Waals surface area contributed by atoms with Crippen molar-refractivity contribution in [2.75, 3.05) is 0 Å². The smallest absolute Gasteiger partial charge is 0.206 e. The molecule has 0 spiro atoms. The van der Waals surface area contributed by atoms with E-state index in [1.54, 1.807) is 0 Å². The first kappa shape index (κ1) is 12.2. The summed E-state index contributed by atoms with van der Waals surface area (Å²) in [7, 11) is 0. The maximum absolute atomic E-state index is 13.0. The third-order valence-electron chi connectivity index (χ3n) is 1.82. The van der Waals surface area contributed by atoms with E-state index in [-0.39, 0.29) is 6.42 Å². The number of allylic oxidation sites excluding steroid dienone is 1. The summed E-state index contributed by atoms with van der Waals surface area (Å²) in [6.45, 7) is 0. The first-order chi connectivity index (χ1) is 7.45. The fourth-order valence-corrected chi connectivity index (χ4v) is 1.11. The molecule has 0 saturated carbocycles. The first-order valence-corrected chi connectivity index (χ1v) is 4.35. The first-order valence-electron chi connectivity index (χ1n) is 4.35. The van der Waals surface area contributed by atoms with Crippen LogP contribution in [0.25, 0.3) is 6.08 Å². The molecule has 0 unspecified atom stereocenters. The van der Waals surface area contributed by atoms with Crippen LogP contribution in [0.3, 0.4) is 0 Å². The summed E-state index contributed by atoms with van der Waals surface area (Å²) in [5, 5.41) is 8.23. The molecule has 0 radical (unpaired) electrons. The molecule has 0 bridgehead atoms. The van der Waals surface area contributed by atoms with Gasteiger partial charge in [0.1, 0.15) is 5.82 Å². The van der Waals surface area contributed by atoms with Gasteiger partial charge in [0.25, 0.3) is 0 Å². The summed E-state index contributed by atoms with van der Waals surface area (Å²) in [4.78, 5) is 0. The van der Waals surface area contributed by atoms with Crippen LogP contribution in [-0.4, -0.2) is 0 Å². The van der Waals surface area contributed by atoms with Crippen molar-refractivity contribution in [3.8, 4) is 6.07 Å². The van der Waals surface area contributed by atoms with Gasteiger partial charge in [0.2, 0.25) is 0 Å². The van der Waals surface area contributed by atoms with E-state index < -0.39 is 17.6 Å². The molecule has 0 atom stereocenters. The molecule has 0 aliphatic carbocycles. The molecule has 0 aliphatic heterocycles. The van der Waals surface area contributed by atoms with Gasteiger partial charge in [-0.3, -0.25) is 0 Å². The Morgan fingerprint density at radius 1 is 1.31 bits per heavy atom. The van der Waals surface area contributed by atoms with Gasteiger partial charge in [-0.25, -0.2) is 4.39 Å². The fourth-order valence-electron chi connectivity index (χ4n) is 1.11. The molecule has 0 fully saturated rings. The highest BCUT2D eigenvalue weighted by atomic mass is 19.4. The Hall–Kier alpha value is -1.83. The van der Waals surface area contributed by atoms with Crippen LogP contribution in [0.5, 0.6) is 0 Å². The predicted octanol–water partition coefficient (Wildman–Crippen LogP) is 3.77. The second-order valence-electron chi connectivity index (χ2n) is 3.00. The Balaban J connectivity index is 2.97. The molecule has 1 aromatic rings. The van der Waals surface area contributed by atoms with Gasteiger partial charge in [-0.1, -0.05) is 18.2 Å². The number of hydrogen-bond acceptors (Lipinski definition) is 1. The zero-order valence-corrected chi connectivity index (χ0v) is 8.05. The molecule has 0 aliphatic rings. The zero-order valence-electron chi connectivity index (χ0n) is 8.05. The molecular weight excluding hydrogens is 222 g/mol. The van der Waals surface area contributed by atoms with Crippen LogP contribution in [0.4, 0.5) is 17.6 Å². The number of nitriles is 1. The molecule has 0 amide bonds. The van der Waals surface area contributed by atoms with E-state index in [4.69, 9.17) is 5.26 Å². The third-order valence-corrected chi connectivity index (χ3v) is 1.82. The molecule has 84 valence electrons. The van der Waals surface area contributed by atoms with Crippen LogP contribution in [-0.2, 0) is 6.18 Å². The minimum absolute atomic E-state index is 0.128. The minimum atomic E-state index is -4.68. The maximum atomic E-state index is 13.0. The van der Waals surface area contributed by atoms with Gasteiger partial charge >= 0.3 is 6.18 Å². The largest absolute Gasteiger partial charge is 0.419 e. The van der Waals surface area contributed by atoms with Gasteiger partial charge in [-0.15, -0.1) is 0 Å². The number of halogens is 4. The van der Waals surface area contributed by atoms with Gasteiger partial charge in [0, 0.05) is 0 Å². The normalized spacial score (nSPS) is 11.7. The number of nitrogens with zero attached hydrogens (tertiary/aromatic N) is 1.